The number of amides is 2. The van der Waals surface area contributed by atoms with Crippen molar-refractivity contribution in [2.75, 3.05) is 13.7 Å². The fourth-order valence-electron chi connectivity index (χ4n) is 7.02. The summed E-state index contributed by atoms with van der Waals surface area (Å²) in [6.07, 6.45) is 7.87. The monoisotopic (exact) mass is 463 g/mol. The lowest BCUT2D eigenvalue weighted by atomic mass is 9.63. The van der Waals surface area contributed by atoms with Crippen molar-refractivity contribution in [3.63, 3.8) is 0 Å². The van der Waals surface area contributed by atoms with Crippen LogP contribution in [0.1, 0.15) is 42.5 Å². The Morgan fingerprint density at radius 2 is 1.50 bits per heavy atom. The van der Waals surface area contributed by atoms with Gasteiger partial charge in [-0.05, 0) is 80.0 Å². The van der Waals surface area contributed by atoms with Gasteiger partial charge in [0.15, 0.2) is 12.4 Å². The Kier molecular flexibility index (Phi) is 5.12. The number of hydrogen-bond donors (Lipinski definition) is 0. The molecule has 6 aliphatic rings. The number of allylic oxidation sites excluding steroid dienone is 2. The maximum Gasteiger partial charge on any atom is 0.309 e. The molecule has 34 heavy (non-hydrogen) atoms. The number of imide groups is 1. The Labute approximate surface area is 198 Å². The third-order valence-electron chi connectivity index (χ3n) is 8.85. The summed E-state index contributed by atoms with van der Waals surface area (Å²) in [5.74, 6) is 1.05. The van der Waals surface area contributed by atoms with Crippen molar-refractivity contribution < 1.29 is 28.7 Å². The molecule has 1 heterocycles. The molecule has 0 N–H and O–H groups in total. The van der Waals surface area contributed by atoms with Crippen LogP contribution < -0.4 is 4.74 Å². The van der Waals surface area contributed by atoms with Crippen molar-refractivity contribution in [1.82, 2.24) is 4.90 Å². The van der Waals surface area contributed by atoms with E-state index in [9.17, 15) is 19.2 Å². The molecule has 4 fully saturated rings. The average Bonchev–Trinajstić information content (AvgIpc) is 3.65. The minimum atomic E-state index is -0.379. The standard InChI is InChI=1S/C27H29NO6/c1-33-17-8-4-14(5-9-17)22(29)13-34-27(32)15-2-6-16(7-3-15)28-25(30)23-18-10-11-19(21-12-20(18)21)24(23)26(28)31/h4-5,8-11,15-16,18-21,23-24H,2-3,6-7,12-13H2,1H3. The number of hydrogen-bond acceptors (Lipinski definition) is 6. The molecule has 2 amide bonds. The van der Waals surface area contributed by atoms with Crippen molar-refractivity contribution in [1.29, 1.82) is 0 Å². The average molecular weight is 464 g/mol. The number of carbonyl (C=O) groups excluding carboxylic acids is 4. The molecule has 0 spiro atoms. The predicted molar refractivity (Wildman–Crippen MR) is 121 cm³/mol. The van der Waals surface area contributed by atoms with Gasteiger partial charge < -0.3 is 9.47 Å². The van der Waals surface area contributed by atoms with Gasteiger partial charge in [0.05, 0.1) is 24.9 Å². The number of Topliss-reactive ketones (excluding diaryl/α,β-unsaturated/α-hetero) is 1. The summed E-state index contributed by atoms with van der Waals surface area (Å²) < 4.78 is 10.4. The van der Waals surface area contributed by atoms with E-state index in [0.29, 0.717) is 48.8 Å². The summed E-state index contributed by atoms with van der Waals surface area (Å²) in [7, 11) is 1.55. The molecule has 0 radical (unpaired) electrons. The molecule has 2 bridgehead atoms. The van der Waals surface area contributed by atoms with Gasteiger partial charge >= 0.3 is 5.97 Å². The van der Waals surface area contributed by atoms with E-state index in [1.54, 1.807) is 36.3 Å². The van der Waals surface area contributed by atoms with Crippen molar-refractivity contribution in [3.05, 3.63) is 42.0 Å². The minimum absolute atomic E-state index is 0.0100. The summed E-state index contributed by atoms with van der Waals surface area (Å²) in [6, 6.07) is 6.54. The first kappa shape index (κ1) is 21.6. The van der Waals surface area contributed by atoms with Crippen LogP contribution in [-0.2, 0) is 19.1 Å². The smallest absolute Gasteiger partial charge is 0.309 e. The Morgan fingerprint density at radius 1 is 0.912 bits per heavy atom. The number of carbonyl (C=O) groups is 4. The van der Waals surface area contributed by atoms with Crippen molar-refractivity contribution in [2.45, 2.75) is 38.1 Å². The zero-order valence-electron chi connectivity index (χ0n) is 19.2. The largest absolute Gasteiger partial charge is 0.497 e. The van der Waals surface area contributed by atoms with Gasteiger partial charge in [-0.25, -0.2) is 0 Å². The topological polar surface area (TPSA) is 90.0 Å². The number of ketones is 1. The second-order valence-corrected chi connectivity index (χ2v) is 10.5. The second kappa shape index (κ2) is 8.07. The van der Waals surface area contributed by atoms with E-state index in [-0.39, 0.29) is 65.8 Å². The number of methoxy groups -OCH3 is 1. The van der Waals surface area contributed by atoms with Crippen LogP contribution >= 0.6 is 0 Å². The lowest BCUT2D eigenvalue weighted by molar-refractivity contribution is -0.149. The van der Waals surface area contributed by atoms with Gasteiger partial charge in [-0.15, -0.1) is 0 Å². The Morgan fingerprint density at radius 3 is 2.06 bits per heavy atom. The second-order valence-electron chi connectivity index (χ2n) is 10.5. The van der Waals surface area contributed by atoms with Gasteiger partial charge in [-0.3, -0.25) is 24.1 Å². The third kappa shape index (κ3) is 3.31. The minimum Gasteiger partial charge on any atom is -0.497 e. The van der Waals surface area contributed by atoms with E-state index in [2.05, 4.69) is 12.2 Å². The summed E-state index contributed by atoms with van der Waals surface area (Å²) in [5.41, 5.74) is 0.464. The third-order valence-corrected chi connectivity index (χ3v) is 8.85. The molecule has 7 heteroatoms. The van der Waals surface area contributed by atoms with Crippen molar-refractivity contribution in [3.8, 4) is 5.75 Å². The number of nitrogens with zero attached hydrogens (tertiary/aromatic N) is 1. The summed E-state index contributed by atoms with van der Waals surface area (Å²) in [4.78, 5) is 53.1. The van der Waals surface area contributed by atoms with E-state index >= 15 is 0 Å². The van der Waals surface area contributed by atoms with Crippen molar-refractivity contribution in [2.24, 2.45) is 41.4 Å². The number of ether oxygens (including phenoxy) is 2. The normalized spacial score (nSPS) is 37.3. The first-order chi connectivity index (χ1) is 16.5. The van der Waals surface area contributed by atoms with Gasteiger partial charge in [-0.1, -0.05) is 12.2 Å². The lowest BCUT2D eigenvalue weighted by Crippen LogP contribution is -2.44. The first-order valence-electron chi connectivity index (χ1n) is 12.4. The zero-order valence-corrected chi connectivity index (χ0v) is 19.2. The fourth-order valence-corrected chi connectivity index (χ4v) is 7.02. The Bertz CT molecular complexity index is 1030. The van der Waals surface area contributed by atoms with Crippen LogP contribution in [0, 0.1) is 41.4 Å². The molecule has 7 nitrogen and oxygen atoms in total. The Hall–Kier alpha value is -2.96. The number of esters is 1. The molecule has 6 unspecified atom stereocenters. The fraction of sp³-hybridized carbons (Fsp3) is 0.556. The van der Waals surface area contributed by atoms with Crippen LogP contribution in [0.3, 0.4) is 0 Å². The molecule has 1 aromatic rings. The van der Waals surface area contributed by atoms with Crippen LogP contribution in [-0.4, -0.2) is 48.2 Å². The molecular formula is C27H29NO6. The van der Waals surface area contributed by atoms with E-state index in [1.165, 1.54) is 0 Å². The summed E-state index contributed by atoms with van der Waals surface area (Å²) >= 11 is 0. The van der Waals surface area contributed by atoms with E-state index < -0.39 is 0 Å². The number of likely N-dealkylation sites (tertiary alicyclic amines) is 1. The number of rotatable bonds is 6. The molecule has 3 saturated carbocycles. The van der Waals surface area contributed by atoms with Gasteiger partial charge in [0, 0.05) is 11.6 Å². The summed E-state index contributed by atoms with van der Waals surface area (Å²) in [6.45, 7) is -0.296. The van der Waals surface area contributed by atoms with Crippen LogP contribution in [0.5, 0.6) is 5.75 Å². The molecule has 0 aromatic heterocycles. The van der Waals surface area contributed by atoms with E-state index in [4.69, 9.17) is 9.47 Å². The van der Waals surface area contributed by atoms with Gasteiger partial charge in [0.1, 0.15) is 5.75 Å². The molecule has 7 rings (SSSR count). The van der Waals surface area contributed by atoms with Crippen molar-refractivity contribution >= 4 is 23.6 Å². The van der Waals surface area contributed by atoms with Crippen LogP contribution in [0.4, 0.5) is 0 Å². The predicted octanol–water partition coefficient (Wildman–Crippen LogP) is 3.03. The highest BCUT2D eigenvalue weighted by atomic mass is 16.5. The highest BCUT2D eigenvalue weighted by Gasteiger charge is 2.67. The highest BCUT2D eigenvalue weighted by molar-refractivity contribution is 6.06. The lowest BCUT2D eigenvalue weighted by Gasteiger charge is -2.37. The molecule has 5 aliphatic carbocycles. The molecule has 178 valence electrons. The van der Waals surface area contributed by atoms with Crippen LogP contribution in [0.15, 0.2) is 36.4 Å². The molecule has 1 saturated heterocycles. The molecule has 1 aromatic carbocycles. The highest BCUT2D eigenvalue weighted by Crippen LogP contribution is 2.65. The quantitative estimate of drug-likeness (QED) is 0.279. The molecule has 1 aliphatic heterocycles. The molecular weight excluding hydrogens is 434 g/mol. The van der Waals surface area contributed by atoms with E-state index in [1.807, 2.05) is 0 Å². The van der Waals surface area contributed by atoms with Gasteiger partial charge in [-0.2, -0.15) is 0 Å². The van der Waals surface area contributed by atoms with E-state index in [0.717, 1.165) is 6.42 Å². The first-order valence-corrected chi connectivity index (χ1v) is 12.4. The van der Waals surface area contributed by atoms with Crippen LogP contribution in [0.2, 0.25) is 0 Å². The zero-order chi connectivity index (χ0) is 23.6. The van der Waals surface area contributed by atoms with Crippen LogP contribution in [0.25, 0.3) is 0 Å². The maximum absolute atomic E-state index is 13.3. The molecule has 6 atom stereocenters. The Balaban J connectivity index is 1.03. The SMILES string of the molecule is COc1ccc(C(=O)COC(=O)C2CCC(N3C(=O)C4C5C=CC(C6CC56)C4C3=O)CC2)cc1. The van der Waals surface area contributed by atoms with Gasteiger partial charge in [0.25, 0.3) is 0 Å². The number of benzene rings is 1. The van der Waals surface area contributed by atoms with Gasteiger partial charge in [0.2, 0.25) is 11.8 Å². The summed E-state index contributed by atoms with van der Waals surface area (Å²) in [5, 5.41) is 0. The maximum atomic E-state index is 13.3.